The number of rotatable bonds is 4. The summed E-state index contributed by atoms with van der Waals surface area (Å²) < 4.78 is 5.83. The van der Waals surface area contributed by atoms with Gasteiger partial charge in [0.15, 0.2) is 0 Å². The molecule has 18 heavy (non-hydrogen) atoms. The number of hydrogen-bond donors (Lipinski definition) is 2. The topological polar surface area (TPSA) is 54.1 Å². The molecule has 5 heteroatoms. The van der Waals surface area contributed by atoms with E-state index < -0.39 is 0 Å². The fourth-order valence-corrected chi connectivity index (χ4v) is 1.90. The van der Waals surface area contributed by atoms with Gasteiger partial charge in [0, 0.05) is 15.0 Å². The Morgan fingerprint density at radius 3 is 2.67 bits per heavy atom. The Morgan fingerprint density at radius 1 is 1.28 bits per heavy atom. The maximum Gasteiger partial charge on any atom is 0.354 e. The van der Waals surface area contributed by atoms with Crippen molar-refractivity contribution in [3.8, 4) is 0 Å². The van der Waals surface area contributed by atoms with Gasteiger partial charge in [0.25, 0.3) is 0 Å². The lowest BCUT2D eigenvalue weighted by Gasteiger charge is -2.04. The van der Waals surface area contributed by atoms with Crippen LogP contribution in [0.15, 0.2) is 36.4 Å². The molecule has 1 heterocycles. The van der Waals surface area contributed by atoms with Gasteiger partial charge in [-0.25, -0.2) is 4.79 Å². The Labute approximate surface area is 119 Å². The van der Waals surface area contributed by atoms with Crippen molar-refractivity contribution >= 4 is 34.2 Å². The molecule has 1 aromatic heterocycles. The van der Waals surface area contributed by atoms with Gasteiger partial charge in [-0.1, -0.05) is 0 Å². The fraction of sp³-hybridized carbons (Fsp3) is 0.154. The number of carbonyl (C=O) groups excluding carboxylic acids is 1. The molecule has 0 bridgehead atoms. The summed E-state index contributed by atoms with van der Waals surface area (Å²) in [5.41, 5.74) is 2.45. The van der Waals surface area contributed by atoms with E-state index in [0.717, 1.165) is 11.4 Å². The minimum Gasteiger partial charge on any atom is -0.464 e. The van der Waals surface area contributed by atoms with E-state index in [2.05, 4.69) is 37.6 Å². The Kier molecular flexibility index (Phi) is 4.24. The van der Waals surface area contributed by atoms with Gasteiger partial charge in [0.05, 0.1) is 13.7 Å². The number of hydrogen-bond acceptors (Lipinski definition) is 3. The molecular weight excluding hydrogens is 343 g/mol. The molecule has 0 radical (unpaired) electrons. The van der Waals surface area contributed by atoms with Gasteiger partial charge in [-0.15, -0.1) is 0 Å². The zero-order valence-corrected chi connectivity index (χ0v) is 12.0. The van der Waals surface area contributed by atoms with Crippen molar-refractivity contribution in [1.82, 2.24) is 4.98 Å². The number of H-pyrrole nitrogens is 1. The van der Waals surface area contributed by atoms with Crippen molar-refractivity contribution in [3.05, 3.63) is 51.4 Å². The number of anilines is 1. The van der Waals surface area contributed by atoms with Crippen LogP contribution in [0.3, 0.4) is 0 Å². The molecule has 0 aliphatic rings. The third kappa shape index (κ3) is 3.25. The molecule has 0 saturated heterocycles. The number of carbonyl (C=O) groups is 1. The number of ether oxygens (including phenoxy) is 1. The number of aromatic nitrogens is 1. The van der Waals surface area contributed by atoms with E-state index in [4.69, 9.17) is 0 Å². The third-order valence-electron chi connectivity index (χ3n) is 2.48. The Morgan fingerprint density at radius 2 is 2.00 bits per heavy atom. The molecule has 0 aliphatic heterocycles. The summed E-state index contributed by atoms with van der Waals surface area (Å²) in [6.45, 7) is 0.636. The summed E-state index contributed by atoms with van der Waals surface area (Å²) in [7, 11) is 1.37. The molecule has 4 nitrogen and oxygen atoms in total. The molecule has 0 saturated carbocycles. The second kappa shape index (κ2) is 5.90. The first-order chi connectivity index (χ1) is 8.69. The monoisotopic (exact) mass is 356 g/mol. The molecule has 2 N–H and O–H groups in total. The minimum absolute atomic E-state index is 0.351. The SMILES string of the molecule is COC(=O)c1ccc(CNc2ccc(I)cc2)[nH]1. The first-order valence-electron chi connectivity index (χ1n) is 5.44. The molecule has 1 aromatic carbocycles. The summed E-state index contributed by atoms with van der Waals surface area (Å²) in [6.07, 6.45) is 0. The number of nitrogens with one attached hydrogen (secondary N) is 2. The zero-order chi connectivity index (χ0) is 13.0. The second-order valence-electron chi connectivity index (χ2n) is 3.75. The summed E-state index contributed by atoms with van der Waals surface area (Å²) in [6, 6.07) is 11.7. The Hall–Kier alpha value is -1.50. The molecule has 2 rings (SSSR count). The Balaban J connectivity index is 1.96. The zero-order valence-electron chi connectivity index (χ0n) is 9.87. The van der Waals surface area contributed by atoms with Gasteiger partial charge < -0.3 is 15.0 Å². The van der Waals surface area contributed by atoms with Gasteiger partial charge in [0.2, 0.25) is 0 Å². The molecule has 0 fully saturated rings. The molecule has 0 atom stereocenters. The van der Waals surface area contributed by atoms with Crippen molar-refractivity contribution in [2.75, 3.05) is 12.4 Å². The maximum absolute atomic E-state index is 11.3. The maximum atomic E-state index is 11.3. The predicted molar refractivity (Wildman–Crippen MR) is 78.6 cm³/mol. The Bertz CT molecular complexity index is 534. The van der Waals surface area contributed by atoms with E-state index in [1.165, 1.54) is 10.7 Å². The van der Waals surface area contributed by atoms with E-state index in [0.29, 0.717) is 12.2 Å². The van der Waals surface area contributed by atoms with Crippen LogP contribution in [0.25, 0.3) is 0 Å². The standard InChI is InChI=1S/C13H13IN2O2/c1-18-13(17)12-7-6-11(16-12)8-15-10-4-2-9(14)3-5-10/h2-7,15-16H,8H2,1H3. The van der Waals surface area contributed by atoms with Crippen LogP contribution in [-0.4, -0.2) is 18.1 Å². The summed E-state index contributed by atoms with van der Waals surface area (Å²) >= 11 is 2.27. The average Bonchev–Trinajstić information content (AvgIpc) is 2.86. The normalized spacial score (nSPS) is 10.1. The highest BCUT2D eigenvalue weighted by Gasteiger charge is 2.07. The largest absolute Gasteiger partial charge is 0.464 e. The first kappa shape index (κ1) is 12.9. The van der Waals surface area contributed by atoms with Crippen molar-refractivity contribution in [2.45, 2.75) is 6.54 Å². The molecule has 0 amide bonds. The van der Waals surface area contributed by atoms with Crippen LogP contribution < -0.4 is 5.32 Å². The fourth-order valence-electron chi connectivity index (χ4n) is 1.54. The molecule has 0 aliphatic carbocycles. The van der Waals surface area contributed by atoms with E-state index in [1.54, 1.807) is 6.07 Å². The lowest BCUT2D eigenvalue weighted by Crippen LogP contribution is -2.03. The molecular formula is C13H13IN2O2. The lowest BCUT2D eigenvalue weighted by atomic mass is 10.3. The quantitative estimate of drug-likeness (QED) is 0.654. The minimum atomic E-state index is -0.351. The lowest BCUT2D eigenvalue weighted by molar-refractivity contribution is 0.0594. The summed E-state index contributed by atoms with van der Waals surface area (Å²) in [4.78, 5) is 14.3. The van der Waals surface area contributed by atoms with E-state index in [-0.39, 0.29) is 5.97 Å². The van der Waals surface area contributed by atoms with Crippen molar-refractivity contribution in [2.24, 2.45) is 0 Å². The summed E-state index contributed by atoms with van der Waals surface area (Å²) in [5, 5.41) is 3.27. The van der Waals surface area contributed by atoms with Crippen molar-refractivity contribution < 1.29 is 9.53 Å². The first-order valence-corrected chi connectivity index (χ1v) is 6.52. The molecule has 2 aromatic rings. The van der Waals surface area contributed by atoms with Gasteiger partial charge >= 0.3 is 5.97 Å². The number of halogens is 1. The van der Waals surface area contributed by atoms with Crippen LogP contribution in [-0.2, 0) is 11.3 Å². The highest BCUT2D eigenvalue weighted by atomic mass is 127. The van der Waals surface area contributed by atoms with Crippen LogP contribution in [0.2, 0.25) is 0 Å². The van der Waals surface area contributed by atoms with Crippen LogP contribution in [0, 0.1) is 3.57 Å². The van der Waals surface area contributed by atoms with E-state index in [1.807, 2.05) is 30.3 Å². The number of aromatic amines is 1. The number of methoxy groups -OCH3 is 1. The predicted octanol–water partition coefficient (Wildman–Crippen LogP) is 3.02. The molecule has 0 spiro atoms. The highest BCUT2D eigenvalue weighted by Crippen LogP contribution is 2.12. The van der Waals surface area contributed by atoms with Crippen LogP contribution in [0.4, 0.5) is 5.69 Å². The summed E-state index contributed by atoms with van der Waals surface area (Å²) in [5.74, 6) is -0.351. The molecule has 94 valence electrons. The van der Waals surface area contributed by atoms with Crippen LogP contribution >= 0.6 is 22.6 Å². The highest BCUT2D eigenvalue weighted by molar-refractivity contribution is 14.1. The molecule has 0 unspecified atom stereocenters. The second-order valence-corrected chi connectivity index (χ2v) is 4.99. The van der Waals surface area contributed by atoms with Crippen molar-refractivity contribution in [1.29, 1.82) is 0 Å². The smallest absolute Gasteiger partial charge is 0.354 e. The van der Waals surface area contributed by atoms with Crippen LogP contribution in [0.1, 0.15) is 16.2 Å². The average molecular weight is 356 g/mol. The number of esters is 1. The van der Waals surface area contributed by atoms with Gasteiger partial charge in [0.1, 0.15) is 5.69 Å². The van der Waals surface area contributed by atoms with E-state index >= 15 is 0 Å². The third-order valence-corrected chi connectivity index (χ3v) is 3.20. The van der Waals surface area contributed by atoms with Gasteiger partial charge in [-0.2, -0.15) is 0 Å². The van der Waals surface area contributed by atoms with Crippen molar-refractivity contribution in [3.63, 3.8) is 0 Å². The van der Waals surface area contributed by atoms with Gasteiger partial charge in [-0.3, -0.25) is 0 Å². The van der Waals surface area contributed by atoms with Crippen LogP contribution in [0.5, 0.6) is 0 Å². The van der Waals surface area contributed by atoms with Gasteiger partial charge in [-0.05, 0) is 59.0 Å². The van der Waals surface area contributed by atoms with E-state index in [9.17, 15) is 4.79 Å². The number of benzene rings is 1.